The number of carboxylic acids is 1. The van der Waals surface area contributed by atoms with E-state index in [-0.39, 0.29) is 5.60 Å². The fraction of sp³-hybridized carbons (Fsp3) is 0.923. The van der Waals surface area contributed by atoms with Crippen molar-refractivity contribution in [2.45, 2.75) is 51.2 Å². The van der Waals surface area contributed by atoms with Gasteiger partial charge in [-0.1, -0.05) is 0 Å². The molecule has 0 aromatic carbocycles. The summed E-state index contributed by atoms with van der Waals surface area (Å²) >= 11 is 0. The highest BCUT2D eigenvalue weighted by atomic mass is 16.5. The topological polar surface area (TPSA) is 75.8 Å². The number of ether oxygens (including phenoxy) is 1. The third-order valence-corrected chi connectivity index (χ3v) is 3.41. The van der Waals surface area contributed by atoms with Gasteiger partial charge < -0.3 is 15.6 Å². The molecule has 1 rings (SSSR count). The average Bonchev–Trinajstić information content (AvgIpc) is 2.23. The van der Waals surface area contributed by atoms with Gasteiger partial charge in [-0.05, 0) is 46.6 Å². The number of morpholine rings is 1. The molecule has 1 heterocycles. The number of unbranched alkanes of at least 4 members (excludes halogenated alkanes) is 1. The third-order valence-electron chi connectivity index (χ3n) is 3.41. The van der Waals surface area contributed by atoms with E-state index in [1.165, 1.54) is 0 Å². The summed E-state index contributed by atoms with van der Waals surface area (Å²) in [5.74, 6) is -0.921. The van der Waals surface area contributed by atoms with Crippen LogP contribution in [0.2, 0.25) is 0 Å². The van der Waals surface area contributed by atoms with E-state index in [0.29, 0.717) is 6.42 Å². The molecule has 1 aliphatic heterocycles. The Hall–Kier alpha value is -0.650. The maximum absolute atomic E-state index is 10.9. The van der Waals surface area contributed by atoms with Crippen LogP contribution >= 0.6 is 0 Å². The Morgan fingerprint density at radius 1 is 1.50 bits per heavy atom. The Morgan fingerprint density at radius 2 is 2.17 bits per heavy atom. The summed E-state index contributed by atoms with van der Waals surface area (Å²) in [7, 11) is 0. The standard InChI is InChI=1S/C13H26N2O3/c1-12(2)10-15(8-9-18-12)7-5-4-6-13(3,14)11(16)17/h4-10,14H2,1-3H3,(H,16,17). The number of hydrogen-bond acceptors (Lipinski definition) is 4. The summed E-state index contributed by atoms with van der Waals surface area (Å²) in [6.07, 6.45) is 2.35. The minimum Gasteiger partial charge on any atom is -0.480 e. The van der Waals surface area contributed by atoms with E-state index in [9.17, 15) is 4.79 Å². The van der Waals surface area contributed by atoms with Crippen molar-refractivity contribution in [3.05, 3.63) is 0 Å². The van der Waals surface area contributed by atoms with Crippen molar-refractivity contribution < 1.29 is 14.6 Å². The molecule has 106 valence electrons. The fourth-order valence-electron chi connectivity index (χ4n) is 2.24. The fourth-order valence-corrected chi connectivity index (χ4v) is 2.24. The van der Waals surface area contributed by atoms with Crippen molar-refractivity contribution in [1.82, 2.24) is 4.90 Å². The number of aliphatic carboxylic acids is 1. The molecule has 0 aromatic rings. The lowest BCUT2D eigenvalue weighted by Crippen LogP contribution is -2.48. The van der Waals surface area contributed by atoms with Crippen LogP contribution in [0.3, 0.4) is 0 Å². The zero-order valence-electron chi connectivity index (χ0n) is 11.7. The van der Waals surface area contributed by atoms with Crippen LogP contribution in [0.4, 0.5) is 0 Å². The van der Waals surface area contributed by atoms with Crippen molar-refractivity contribution in [3.63, 3.8) is 0 Å². The Labute approximate surface area is 109 Å². The molecular weight excluding hydrogens is 232 g/mol. The molecule has 1 saturated heterocycles. The first kappa shape index (κ1) is 15.4. The molecule has 0 saturated carbocycles. The Balaban J connectivity index is 2.20. The number of carbonyl (C=O) groups is 1. The minimum absolute atomic E-state index is 0.0678. The second kappa shape index (κ2) is 5.99. The van der Waals surface area contributed by atoms with Crippen LogP contribution in [0, 0.1) is 0 Å². The number of hydrogen-bond donors (Lipinski definition) is 2. The quantitative estimate of drug-likeness (QED) is 0.697. The summed E-state index contributed by atoms with van der Waals surface area (Å²) in [4.78, 5) is 13.2. The minimum atomic E-state index is -1.09. The van der Waals surface area contributed by atoms with Crippen LogP contribution in [0.15, 0.2) is 0 Å². The molecule has 0 aromatic heterocycles. The first-order chi connectivity index (χ1) is 8.23. The second-order valence-electron chi connectivity index (χ2n) is 6.06. The summed E-state index contributed by atoms with van der Waals surface area (Å²) < 4.78 is 5.65. The number of rotatable bonds is 6. The van der Waals surface area contributed by atoms with Gasteiger partial charge >= 0.3 is 5.97 Å². The van der Waals surface area contributed by atoms with Crippen molar-refractivity contribution in [2.75, 3.05) is 26.2 Å². The largest absolute Gasteiger partial charge is 0.480 e. The summed E-state index contributed by atoms with van der Waals surface area (Å²) in [6, 6.07) is 0. The molecule has 3 N–H and O–H groups in total. The van der Waals surface area contributed by atoms with Crippen LogP contribution in [-0.2, 0) is 9.53 Å². The molecule has 0 aliphatic carbocycles. The van der Waals surface area contributed by atoms with Gasteiger partial charge in [0.2, 0.25) is 0 Å². The predicted octanol–water partition coefficient (Wildman–Crippen LogP) is 1.07. The maximum atomic E-state index is 10.9. The molecule has 0 bridgehead atoms. The van der Waals surface area contributed by atoms with E-state index in [0.717, 1.165) is 39.1 Å². The Bertz CT molecular complexity index is 290. The van der Waals surface area contributed by atoms with Gasteiger partial charge in [0.25, 0.3) is 0 Å². The van der Waals surface area contributed by atoms with Crippen molar-refractivity contribution in [3.8, 4) is 0 Å². The molecular formula is C13H26N2O3. The van der Waals surface area contributed by atoms with Gasteiger partial charge in [-0.2, -0.15) is 0 Å². The van der Waals surface area contributed by atoms with Gasteiger partial charge in [-0.15, -0.1) is 0 Å². The van der Waals surface area contributed by atoms with Crippen molar-refractivity contribution in [2.24, 2.45) is 5.73 Å². The summed E-state index contributed by atoms with van der Waals surface area (Å²) in [6.45, 7) is 9.43. The van der Waals surface area contributed by atoms with Crippen LogP contribution in [0.5, 0.6) is 0 Å². The highest BCUT2D eigenvalue weighted by Crippen LogP contribution is 2.17. The van der Waals surface area contributed by atoms with Crippen LogP contribution in [0.1, 0.15) is 40.0 Å². The van der Waals surface area contributed by atoms with E-state index >= 15 is 0 Å². The number of nitrogens with zero attached hydrogens (tertiary/aromatic N) is 1. The SMILES string of the molecule is CC1(C)CN(CCCCC(C)(N)C(=O)O)CCO1. The average molecular weight is 258 g/mol. The zero-order valence-corrected chi connectivity index (χ0v) is 11.7. The third kappa shape index (κ3) is 4.92. The summed E-state index contributed by atoms with van der Waals surface area (Å²) in [5.41, 5.74) is 4.53. The van der Waals surface area contributed by atoms with E-state index in [2.05, 4.69) is 18.7 Å². The number of carboxylic acid groups (broad SMARTS) is 1. The van der Waals surface area contributed by atoms with E-state index < -0.39 is 11.5 Å². The molecule has 1 atom stereocenters. The lowest BCUT2D eigenvalue weighted by Gasteiger charge is -2.38. The smallest absolute Gasteiger partial charge is 0.323 e. The monoisotopic (exact) mass is 258 g/mol. The predicted molar refractivity (Wildman–Crippen MR) is 70.6 cm³/mol. The van der Waals surface area contributed by atoms with Crippen LogP contribution in [-0.4, -0.2) is 53.4 Å². The lowest BCUT2D eigenvalue weighted by molar-refractivity contribution is -0.142. The Morgan fingerprint density at radius 3 is 2.72 bits per heavy atom. The van der Waals surface area contributed by atoms with Crippen LogP contribution < -0.4 is 5.73 Å². The first-order valence-electron chi connectivity index (χ1n) is 6.61. The maximum Gasteiger partial charge on any atom is 0.323 e. The molecule has 0 spiro atoms. The zero-order chi connectivity index (χ0) is 13.8. The van der Waals surface area contributed by atoms with Gasteiger partial charge in [-0.25, -0.2) is 0 Å². The van der Waals surface area contributed by atoms with Gasteiger partial charge in [0.1, 0.15) is 5.54 Å². The van der Waals surface area contributed by atoms with Gasteiger partial charge in [0.15, 0.2) is 0 Å². The molecule has 5 heteroatoms. The highest BCUT2D eigenvalue weighted by Gasteiger charge is 2.28. The molecule has 5 nitrogen and oxygen atoms in total. The molecule has 1 aliphatic rings. The van der Waals surface area contributed by atoms with Crippen LogP contribution in [0.25, 0.3) is 0 Å². The molecule has 1 fully saturated rings. The van der Waals surface area contributed by atoms with Gasteiger partial charge in [-0.3, -0.25) is 9.69 Å². The molecule has 0 amide bonds. The molecule has 0 radical (unpaired) electrons. The van der Waals surface area contributed by atoms with E-state index in [4.69, 9.17) is 15.6 Å². The Kier molecular flexibility index (Phi) is 5.13. The first-order valence-corrected chi connectivity index (χ1v) is 6.61. The van der Waals surface area contributed by atoms with Crippen molar-refractivity contribution in [1.29, 1.82) is 0 Å². The lowest BCUT2D eigenvalue weighted by atomic mass is 9.96. The van der Waals surface area contributed by atoms with Gasteiger partial charge in [0, 0.05) is 13.1 Å². The van der Waals surface area contributed by atoms with Crippen molar-refractivity contribution >= 4 is 5.97 Å². The second-order valence-corrected chi connectivity index (χ2v) is 6.06. The van der Waals surface area contributed by atoms with Gasteiger partial charge in [0.05, 0.1) is 12.2 Å². The number of nitrogens with two attached hydrogens (primary N) is 1. The molecule has 1 unspecified atom stereocenters. The molecule has 18 heavy (non-hydrogen) atoms. The summed E-state index contributed by atoms with van der Waals surface area (Å²) in [5, 5.41) is 8.91. The normalized spacial score (nSPS) is 23.6. The van der Waals surface area contributed by atoms with E-state index in [1.54, 1.807) is 6.92 Å². The van der Waals surface area contributed by atoms with E-state index in [1.807, 2.05) is 0 Å². The highest BCUT2D eigenvalue weighted by molar-refractivity contribution is 5.77.